The average Bonchev–Trinajstić information content (AvgIpc) is 2.71. The van der Waals surface area contributed by atoms with Crippen LogP contribution in [-0.4, -0.2) is 20.9 Å². The number of nitrogens with zero attached hydrogens (tertiary/aromatic N) is 3. The van der Waals surface area contributed by atoms with Gasteiger partial charge in [-0.05, 0) is 10.8 Å². The molecule has 0 amide bonds. The molecule has 86 valence electrons. The third-order valence-corrected chi connectivity index (χ3v) is 2.84. The van der Waals surface area contributed by atoms with Gasteiger partial charge in [-0.2, -0.15) is 9.38 Å². The molecular weight excluding hydrogens is 228 g/mol. The molecule has 2 aromatic rings. The number of nitro groups is 1. The molecule has 0 aliphatic carbocycles. The monoisotopic (exact) mass is 240 g/mol. The molecule has 1 N–H and O–H groups in total. The third-order valence-electron chi connectivity index (χ3n) is 2.09. The van der Waals surface area contributed by atoms with Crippen LogP contribution in [0.2, 0.25) is 0 Å². The van der Waals surface area contributed by atoms with Crippen molar-refractivity contribution in [2.75, 3.05) is 11.9 Å². The van der Waals surface area contributed by atoms with Crippen LogP contribution in [0.25, 0.3) is 4.96 Å². The Morgan fingerprint density at radius 3 is 3.06 bits per heavy atom. The van der Waals surface area contributed by atoms with Crippen LogP contribution in [0.5, 0.6) is 0 Å². The molecule has 0 bridgehead atoms. The molecule has 2 heterocycles. The van der Waals surface area contributed by atoms with Crippen LogP contribution in [0.15, 0.2) is 11.6 Å². The molecule has 6 nitrogen and oxygen atoms in total. The number of imidazole rings is 1. The highest BCUT2D eigenvalue weighted by atomic mass is 32.1. The lowest BCUT2D eigenvalue weighted by atomic mass is 10.2. The Hall–Kier alpha value is -1.63. The Morgan fingerprint density at radius 2 is 2.44 bits per heavy atom. The standard InChI is InChI=1S/C9H12N4O2S/c1-6(2)5-10-7-8(13(14)15)12-3-4-16-9(12)11-7/h3-4,6,10H,5H2,1-2H3. The lowest BCUT2D eigenvalue weighted by molar-refractivity contribution is -0.389. The molecule has 0 atom stereocenters. The molecule has 0 saturated heterocycles. The average molecular weight is 240 g/mol. The van der Waals surface area contributed by atoms with Crippen LogP contribution in [0.1, 0.15) is 13.8 Å². The van der Waals surface area contributed by atoms with E-state index in [1.807, 2.05) is 13.8 Å². The maximum Gasteiger partial charge on any atom is 0.372 e. The van der Waals surface area contributed by atoms with Gasteiger partial charge in [-0.15, -0.1) is 0 Å². The minimum atomic E-state index is -0.407. The van der Waals surface area contributed by atoms with E-state index in [-0.39, 0.29) is 5.82 Å². The van der Waals surface area contributed by atoms with E-state index in [0.717, 1.165) is 0 Å². The first kappa shape index (κ1) is 10.9. The van der Waals surface area contributed by atoms with Crippen molar-refractivity contribution in [3.63, 3.8) is 0 Å². The molecule has 2 rings (SSSR count). The van der Waals surface area contributed by atoms with E-state index in [1.165, 1.54) is 15.7 Å². The largest absolute Gasteiger partial charge is 0.372 e. The van der Waals surface area contributed by atoms with Gasteiger partial charge in [-0.1, -0.05) is 25.2 Å². The lowest BCUT2D eigenvalue weighted by Gasteiger charge is -2.05. The number of rotatable bonds is 4. The number of hydrogen-bond acceptors (Lipinski definition) is 5. The predicted molar refractivity (Wildman–Crippen MR) is 63.1 cm³/mol. The van der Waals surface area contributed by atoms with Crippen molar-refractivity contribution in [1.29, 1.82) is 0 Å². The predicted octanol–water partition coefficient (Wildman–Crippen LogP) is 2.37. The fourth-order valence-electron chi connectivity index (χ4n) is 1.37. The van der Waals surface area contributed by atoms with Crippen LogP contribution in [0, 0.1) is 16.0 Å². The van der Waals surface area contributed by atoms with Crippen molar-refractivity contribution in [3.05, 3.63) is 21.7 Å². The molecular formula is C9H12N4O2S. The van der Waals surface area contributed by atoms with Crippen LogP contribution in [0.3, 0.4) is 0 Å². The summed E-state index contributed by atoms with van der Waals surface area (Å²) in [5.41, 5.74) is 0. The number of fused-ring (bicyclic) bond motifs is 1. The second-order valence-electron chi connectivity index (χ2n) is 3.87. The first-order valence-corrected chi connectivity index (χ1v) is 5.81. The second-order valence-corrected chi connectivity index (χ2v) is 4.74. The number of thiazole rings is 1. The molecule has 0 radical (unpaired) electrons. The van der Waals surface area contributed by atoms with Crippen LogP contribution >= 0.6 is 11.3 Å². The Labute approximate surface area is 96.1 Å². The fourth-order valence-corrected chi connectivity index (χ4v) is 2.08. The maximum absolute atomic E-state index is 10.9. The molecule has 0 aliphatic rings. The first-order valence-electron chi connectivity index (χ1n) is 4.93. The van der Waals surface area contributed by atoms with Crippen molar-refractivity contribution >= 4 is 27.9 Å². The van der Waals surface area contributed by atoms with Crippen molar-refractivity contribution in [1.82, 2.24) is 9.38 Å². The fraction of sp³-hybridized carbons (Fsp3) is 0.444. The van der Waals surface area contributed by atoms with Crippen LogP contribution in [-0.2, 0) is 0 Å². The molecule has 0 saturated carbocycles. The second kappa shape index (κ2) is 4.09. The van der Waals surface area contributed by atoms with Gasteiger partial charge in [-0.25, -0.2) is 0 Å². The van der Waals surface area contributed by atoms with Gasteiger partial charge in [0.2, 0.25) is 5.82 Å². The van der Waals surface area contributed by atoms with Gasteiger partial charge < -0.3 is 15.4 Å². The van der Waals surface area contributed by atoms with E-state index < -0.39 is 4.92 Å². The topological polar surface area (TPSA) is 72.5 Å². The first-order chi connectivity index (χ1) is 7.59. The highest BCUT2D eigenvalue weighted by Gasteiger charge is 2.23. The highest BCUT2D eigenvalue weighted by Crippen LogP contribution is 2.27. The van der Waals surface area contributed by atoms with Gasteiger partial charge in [0.05, 0.1) is 0 Å². The Kier molecular flexibility index (Phi) is 2.78. The summed E-state index contributed by atoms with van der Waals surface area (Å²) in [5.74, 6) is 0.779. The minimum absolute atomic E-state index is 0.0110. The number of nitrogens with one attached hydrogen (secondary N) is 1. The summed E-state index contributed by atoms with van der Waals surface area (Å²) in [5, 5.41) is 15.7. The number of aromatic nitrogens is 2. The van der Waals surface area contributed by atoms with E-state index in [2.05, 4.69) is 10.3 Å². The Balaban J connectivity index is 2.39. The quantitative estimate of drug-likeness (QED) is 0.657. The molecule has 7 heteroatoms. The van der Waals surface area contributed by atoms with E-state index in [0.29, 0.717) is 23.2 Å². The van der Waals surface area contributed by atoms with Crippen molar-refractivity contribution in [2.24, 2.45) is 5.92 Å². The molecule has 0 fully saturated rings. The zero-order valence-corrected chi connectivity index (χ0v) is 9.82. The van der Waals surface area contributed by atoms with Crippen molar-refractivity contribution in [2.45, 2.75) is 13.8 Å². The summed E-state index contributed by atoms with van der Waals surface area (Å²) in [6, 6.07) is 0. The van der Waals surface area contributed by atoms with Gasteiger partial charge in [0.25, 0.3) is 4.96 Å². The van der Waals surface area contributed by atoms with E-state index in [4.69, 9.17) is 0 Å². The zero-order chi connectivity index (χ0) is 11.7. The van der Waals surface area contributed by atoms with E-state index >= 15 is 0 Å². The van der Waals surface area contributed by atoms with Crippen molar-refractivity contribution < 1.29 is 4.92 Å². The van der Waals surface area contributed by atoms with Gasteiger partial charge in [-0.3, -0.25) is 0 Å². The summed E-state index contributed by atoms with van der Waals surface area (Å²) in [6.07, 6.45) is 1.66. The van der Waals surface area contributed by atoms with Gasteiger partial charge in [0.15, 0.2) is 0 Å². The summed E-state index contributed by atoms with van der Waals surface area (Å²) in [4.78, 5) is 15.4. The maximum atomic E-state index is 10.9. The zero-order valence-electron chi connectivity index (χ0n) is 9.01. The third kappa shape index (κ3) is 1.85. The summed E-state index contributed by atoms with van der Waals surface area (Å²) in [6.45, 7) is 4.75. The van der Waals surface area contributed by atoms with Crippen LogP contribution in [0.4, 0.5) is 11.6 Å². The van der Waals surface area contributed by atoms with E-state index in [1.54, 1.807) is 11.6 Å². The van der Waals surface area contributed by atoms with E-state index in [9.17, 15) is 10.1 Å². The van der Waals surface area contributed by atoms with Gasteiger partial charge >= 0.3 is 5.82 Å². The molecule has 0 aliphatic heterocycles. The molecule has 2 aromatic heterocycles. The van der Waals surface area contributed by atoms with Crippen molar-refractivity contribution in [3.8, 4) is 0 Å². The summed E-state index contributed by atoms with van der Waals surface area (Å²) < 4.78 is 1.49. The smallest absolute Gasteiger partial charge is 0.363 e. The van der Waals surface area contributed by atoms with Gasteiger partial charge in [0, 0.05) is 11.9 Å². The molecule has 0 aromatic carbocycles. The SMILES string of the molecule is CC(C)CNc1nc2sccn2c1[N+](=O)[O-]. The summed E-state index contributed by atoms with van der Waals surface area (Å²) >= 11 is 1.38. The minimum Gasteiger partial charge on any atom is -0.363 e. The van der Waals surface area contributed by atoms with Crippen LogP contribution < -0.4 is 5.32 Å². The lowest BCUT2D eigenvalue weighted by Crippen LogP contribution is -2.09. The highest BCUT2D eigenvalue weighted by molar-refractivity contribution is 7.15. The van der Waals surface area contributed by atoms with Gasteiger partial charge in [0.1, 0.15) is 6.20 Å². The number of anilines is 1. The Bertz CT molecular complexity index is 517. The molecule has 0 spiro atoms. The summed E-state index contributed by atoms with van der Waals surface area (Å²) in [7, 11) is 0. The molecule has 0 unspecified atom stereocenters. The Morgan fingerprint density at radius 1 is 1.69 bits per heavy atom. The number of hydrogen-bond donors (Lipinski definition) is 1. The molecule has 16 heavy (non-hydrogen) atoms. The normalized spacial score (nSPS) is 11.2.